The number of likely N-dealkylation sites (tertiary alicyclic amines) is 1. The summed E-state index contributed by atoms with van der Waals surface area (Å²) >= 11 is 0. The second-order valence-electron chi connectivity index (χ2n) is 5.89. The SMILES string of the molecule is CNCc1coc(CN2CCC(C)(C)CC2)c1. The summed E-state index contributed by atoms with van der Waals surface area (Å²) < 4.78 is 5.59. The van der Waals surface area contributed by atoms with E-state index < -0.39 is 0 Å². The van der Waals surface area contributed by atoms with Gasteiger partial charge in [0, 0.05) is 12.1 Å². The highest BCUT2D eigenvalue weighted by Crippen LogP contribution is 2.30. The van der Waals surface area contributed by atoms with Crippen molar-refractivity contribution in [3.8, 4) is 0 Å². The quantitative estimate of drug-likeness (QED) is 0.871. The van der Waals surface area contributed by atoms with Crippen LogP contribution >= 0.6 is 0 Å². The van der Waals surface area contributed by atoms with Crippen LogP contribution in [0.25, 0.3) is 0 Å². The summed E-state index contributed by atoms with van der Waals surface area (Å²) in [6.45, 7) is 8.95. The van der Waals surface area contributed by atoms with Crippen LogP contribution in [-0.4, -0.2) is 25.0 Å². The normalized spacial score (nSPS) is 20.6. The van der Waals surface area contributed by atoms with Crippen molar-refractivity contribution in [3.63, 3.8) is 0 Å². The molecule has 1 N–H and O–H groups in total. The van der Waals surface area contributed by atoms with Crippen molar-refractivity contribution in [3.05, 3.63) is 23.7 Å². The Labute approximate surface area is 104 Å². The maximum atomic E-state index is 5.59. The highest BCUT2D eigenvalue weighted by Gasteiger charge is 2.25. The van der Waals surface area contributed by atoms with Crippen LogP contribution in [0.15, 0.2) is 16.7 Å². The van der Waals surface area contributed by atoms with E-state index in [1.807, 2.05) is 13.3 Å². The minimum Gasteiger partial charge on any atom is -0.468 e. The lowest BCUT2D eigenvalue weighted by molar-refractivity contribution is 0.120. The van der Waals surface area contributed by atoms with Gasteiger partial charge in [0.15, 0.2) is 0 Å². The first kappa shape index (κ1) is 12.7. The molecule has 17 heavy (non-hydrogen) atoms. The summed E-state index contributed by atoms with van der Waals surface area (Å²) in [5, 5.41) is 3.14. The van der Waals surface area contributed by atoms with Crippen LogP contribution in [0.3, 0.4) is 0 Å². The third kappa shape index (κ3) is 3.58. The van der Waals surface area contributed by atoms with E-state index in [0.717, 1.165) is 18.8 Å². The molecule has 0 spiro atoms. The van der Waals surface area contributed by atoms with E-state index in [1.54, 1.807) is 0 Å². The van der Waals surface area contributed by atoms with Crippen LogP contribution in [0.2, 0.25) is 0 Å². The fraction of sp³-hybridized carbons (Fsp3) is 0.714. The lowest BCUT2D eigenvalue weighted by atomic mass is 9.83. The van der Waals surface area contributed by atoms with Gasteiger partial charge in [-0.3, -0.25) is 4.90 Å². The van der Waals surface area contributed by atoms with Gasteiger partial charge in [-0.05, 0) is 44.5 Å². The lowest BCUT2D eigenvalue weighted by Crippen LogP contribution is -2.36. The van der Waals surface area contributed by atoms with E-state index in [4.69, 9.17) is 4.42 Å². The summed E-state index contributed by atoms with van der Waals surface area (Å²) in [7, 11) is 1.96. The molecule has 0 amide bonds. The second-order valence-corrected chi connectivity index (χ2v) is 5.89. The van der Waals surface area contributed by atoms with E-state index in [0.29, 0.717) is 5.41 Å². The van der Waals surface area contributed by atoms with Crippen molar-refractivity contribution >= 4 is 0 Å². The zero-order valence-corrected chi connectivity index (χ0v) is 11.3. The van der Waals surface area contributed by atoms with Gasteiger partial charge in [0.05, 0.1) is 12.8 Å². The minimum absolute atomic E-state index is 0.525. The number of piperidine rings is 1. The molecule has 0 unspecified atom stereocenters. The smallest absolute Gasteiger partial charge is 0.118 e. The Hall–Kier alpha value is -0.800. The Kier molecular flexibility index (Phi) is 3.89. The first-order chi connectivity index (χ1) is 8.09. The summed E-state index contributed by atoms with van der Waals surface area (Å²) in [6, 6.07) is 2.16. The van der Waals surface area contributed by atoms with Crippen molar-refractivity contribution in [2.24, 2.45) is 5.41 Å². The van der Waals surface area contributed by atoms with Gasteiger partial charge in [-0.25, -0.2) is 0 Å². The van der Waals surface area contributed by atoms with Crippen molar-refractivity contribution in [1.82, 2.24) is 10.2 Å². The number of hydrogen-bond donors (Lipinski definition) is 1. The molecule has 0 aliphatic carbocycles. The van der Waals surface area contributed by atoms with Crippen molar-refractivity contribution < 1.29 is 4.42 Å². The van der Waals surface area contributed by atoms with Crippen molar-refractivity contribution in [2.45, 2.75) is 39.8 Å². The topological polar surface area (TPSA) is 28.4 Å². The van der Waals surface area contributed by atoms with E-state index >= 15 is 0 Å². The Morgan fingerprint density at radius 2 is 2.06 bits per heavy atom. The number of rotatable bonds is 4. The van der Waals surface area contributed by atoms with Gasteiger partial charge >= 0.3 is 0 Å². The lowest BCUT2D eigenvalue weighted by Gasteiger charge is -2.36. The Morgan fingerprint density at radius 1 is 1.35 bits per heavy atom. The van der Waals surface area contributed by atoms with Crippen molar-refractivity contribution in [2.75, 3.05) is 20.1 Å². The fourth-order valence-corrected chi connectivity index (χ4v) is 2.34. The molecule has 96 valence electrons. The maximum absolute atomic E-state index is 5.59. The summed E-state index contributed by atoms with van der Waals surface area (Å²) in [5.41, 5.74) is 1.76. The average Bonchev–Trinajstić information content (AvgIpc) is 2.70. The standard InChI is InChI=1S/C14H24N2O/c1-14(2)4-6-16(7-5-14)10-13-8-12(9-15-3)11-17-13/h8,11,15H,4-7,9-10H2,1-3H3. The fourth-order valence-electron chi connectivity index (χ4n) is 2.34. The molecule has 1 fully saturated rings. The molecular weight excluding hydrogens is 212 g/mol. The van der Waals surface area contributed by atoms with E-state index in [9.17, 15) is 0 Å². The first-order valence-electron chi connectivity index (χ1n) is 6.52. The zero-order chi connectivity index (χ0) is 12.3. The molecular formula is C14H24N2O. The average molecular weight is 236 g/mol. The molecule has 3 nitrogen and oxygen atoms in total. The van der Waals surface area contributed by atoms with E-state index in [1.165, 1.54) is 31.5 Å². The Bertz CT molecular complexity index is 347. The molecule has 3 heteroatoms. The van der Waals surface area contributed by atoms with Crippen LogP contribution in [0.4, 0.5) is 0 Å². The molecule has 2 heterocycles. The molecule has 0 aromatic carbocycles. The highest BCUT2D eigenvalue weighted by atomic mass is 16.3. The number of nitrogens with zero attached hydrogens (tertiary/aromatic N) is 1. The second kappa shape index (κ2) is 5.23. The third-order valence-electron chi connectivity index (χ3n) is 3.68. The largest absolute Gasteiger partial charge is 0.468 e. The molecule has 0 radical (unpaired) electrons. The highest BCUT2D eigenvalue weighted by molar-refractivity contribution is 5.12. The van der Waals surface area contributed by atoms with Gasteiger partial charge in [0.25, 0.3) is 0 Å². The molecule has 2 rings (SSSR count). The Balaban J connectivity index is 1.84. The maximum Gasteiger partial charge on any atom is 0.118 e. The molecule has 1 aromatic rings. The molecule has 0 atom stereocenters. The van der Waals surface area contributed by atoms with Gasteiger partial charge in [-0.2, -0.15) is 0 Å². The van der Waals surface area contributed by atoms with Crippen LogP contribution in [0.1, 0.15) is 38.0 Å². The molecule has 1 aliphatic heterocycles. The monoisotopic (exact) mass is 236 g/mol. The molecule has 1 aromatic heterocycles. The van der Waals surface area contributed by atoms with Crippen LogP contribution in [0.5, 0.6) is 0 Å². The van der Waals surface area contributed by atoms with Crippen LogP contribution in [-0.2, 0) is 13.1 Å². The van der Waals surface area contributed by atoms with Crippen molar-refractivity contribution in [1.29, 1.82) is 0 Å². The molecule has 0 bridgehead atoms. The summed E-state index contributed by atoms with van der Waals surface area (Å²) in [6.07, 6.45) is 4.44. The molecule has 0 saturated carbocycles. The molecule has 1 aliphatic rings. The van der Waals surface area contributed by atoms with Gasteiger partial charge in [-0.1, -0.05) is 13.8 Å². The predicted octanol–water partition coefficient (Wildman–Crippen LogP) is 2.62. The van der Waals surface area contributed by atoms with Gasteiger partial charge in [0.2, 0.25) is 0 Å². The zero-order valence-electron chi connectivity index (χ0n) is 11.3. The van der Waals surface area contributed by atoms with Gasteiger partial charge in [0.1, 0.15) is 5.76 Å². The Morgan fingerprint density at radius 3 is 2.71 bits per heavy atom. The number of furan rings is 1. The minimum atomic E-state index is 0.525. The van der Waals surface area contributed by atoms with E-state index in [-0.39, 0.29) is 0 Å². The summed E-state index contributed by atoms with van der Waals surface area (Å²) in [4.78, 5) is 2.49. The van der Waals surface area contributed by atoms with Crippen LogP contribution < -0.4 is 5.32 Å². The van der Waals surface area contributed by atoms with Gasteiger partial charge in [-0.15, -0.1) is 0 Å². The first-order valence-corrected chi connectivity index (χ1v) is 6.52. The van der Waals surface area contributed by atoms with E-state index in [2.05, 4.69) is 30.1 Å². The summed E-state index contributed by atoms with van der Waals surface area (Å²) in [5.74, 6) is 1.09. The number of nitrogens with one attached hydrogen (secondary N) is 1. The molecule has 1 saturated heterocycles. The van der Waals surface area contributed by atoms with Gasteiger partial charge < -0.3 is 9.73 Å². The predicted molar refractivity (Wildman–Crippen MR) is 69.8 cm³/mol. The third-order valence-corrected chi connectivity index (χ3v) is 3.68. The van der Waals surface area contributed by atoms with Crippen LogP contribution in [0, 0.1) is 5.41 Å². The number of hydrogen-bond acceptors (Lipinski definition) is 3.